The molecule has 1 saturated heterocycles. The summed E-state index contributed by atoms with van der Waals surface area (Å²) in [7, 11) is 0. The van der Waals surface area contributed by atoms with E-state index < -0.39 is 6.23 Å². The highest BCUT2D eigenvalue weighted by Gasteiger charge is 2.33. The van der Waals surface area contributed by atoms with Crippen molar-refractivity contribution < 1.29 is 13.9 Å². The molecule has 21 heavy (non-hydrogen) atoms. The lowest BCUT2D eigenvalue weighted by Crippen LogP contribution is -2.31. The van der Waals surface area contributed by atoms with Gasteiger partial charge in [0.05, 0.1) is 23.3 Å². The first kappa shape index (κ1) is 14.2. The Hall–Kier alpha value is -1.80. The van der Waals surface area contributed by atoms with Gasteiger partial charge < -0.3 is 9.64 Å². The van der Waals surface area contributed by atoms with Gasteiger partial charge in [-0.3, -0.25) is 4.79 Å². The SMILES string of the molecule is O=CC1O[C@@H](Cn2ccnn2)CN1c1ccc(Br)c(F)c1. The number of halogens is 2. The molecule has 0 N–H and O–H groups in total. The average Bonchev–Trinajstić information content (AvgIpc) is 3.11. The summed E-state index contributed by atoms with van der Waals surface area (Å²) < 4.78 is 21.3. The summed E-state index contributed by atoms with van der Waals surface area (Å²) in [6.07, 6.45) is 3.07. The molecule has 3 rings (SSSR count). The molecule has 0 aliphatic carbocycles. The van der Waals surface area contributed by atoms with Crippen molar-refractivity contribution in [3.63, 3.8) is 0 Å². The predicted molar refractivity (Wildman–Crippen MR) is 76.2 cm³/mol. The van der Waals surface area contributed by atoms with Crippen LogP contribution in [0.25, 0.3) is 0 Å². The number of carbonyl (C=O) groups excluding carboxylic acids is 1. The van der Waals surface area contributed by atoms with Crippen molar-refractivity contribution in [2.45, 2.75) is 18.9 Å². The minimum Gasteiger partial charge on any atom is -0.344 e. The van der Waals surface area contributed by atoms with Gasteiger partial charge in [0.2, 0.25) is 0 Å². The largest absolute Gasteiger partial charge is 0.344 e. The first-order valence-corrected chi connectivity index (χ1v) is 7.13. The summed E-state index contributed by atoms with van der Waals surface area (Å²) in [5.41, 5.74) is 0.605. The van der Waals surface area contributed by atoms with Gasteiger partial charge in [0.1, 0.15) is 5.82 Å². The molecule has 0 amide bonds. The fraction of sp³-hybridized carbons (Fsp3) is 0.308. The number of benzene rings is 1. The summed E-state index contributed by atoms with van der Waals surface area (Å²) in [5, 5.41) is 7.59. The van der Waals surface area contributed by atoms with Gasteiger partial charge in [-0.15, -0.1) is 5.10 Å². The molecule has 2 atom stereocenters. The minimum atomic E-state index is -0.723. The van der Waals surface area contributed by atoms with E-state index in [0.29, 0.717) is 29.5 Å². The lowest BCUT2D eigenvalue weighted by atomic mass is 10.2. The Kier molecular flexibility index (Phi) is 3.98. The van der Waals surface area contributed by atoms with E-state index in [1.807, 2.05) is 0 Å². The summed E-state index contributed by atoms with van der Waals surface area (Å²) in [6, 6.07) is 4.73. The quantitative estimate of drug-likeness (QED) is 0.780. The number of hydrogen-bond acceptors (Lipinski definition) is 5. The first-order valence-electron chi connectivity index (χ1n) is 6.34. The molecular weight excluding hydrogens is 343 g/mol. The van der Waals surface area contributed by atoms with Crippen LogP contribution in [0.5, 0.6) is 0 Å². The fourth-order valence-electron chi connectivity index (χ4n) is 2.30. The Labute approximate surface area is 128 Å². The average molecular weight is 355 g/mol. The molecule has 1 unspecified atom stereocenters. The Balaban J connectivity index is 1.78. The zero-order chi connectivity index (χ0) is 14.8. The molecule has 0 radical (unpaired) electrons. The molecule has 8 heteroatoms. The molecular formula is C13H12BrFN4O2. The Morgan fingerprint density at radius 2 is 2.38 bits per heavy atom. The smallest absolute Gasteiger partial charge is 0.187 e. The second-order valence-corrected chi connectivity index (χ2v) is 5.51. The summed E-state index contributed by atoms with van der Waals surface area (Å²) in [5.74, 6) is -0.378. The summed E-state index contributed by atoms with van der Waals surface area (Å²) in [6.45, 7) is 0.962. The van der Waals surface area contributed by atoms with Gasteiger partial charge in [-0.05, 0) is 34.1 Å². The van der Waals surface area contributed by atoms with Crippen LogP contribution in [0.3, 0.4) is 0 Å². The molecule has 1 aliphatic heterocycles. The number of rotatable bonds is 4. The van der Waals surface area contributed by atoms with E-state index in [1.54, 1.807) is 34.1 Å². The van der Waals surface area contributed by atoms with Crippen molar-refractivity contribution in [2.75, 3.05) is 11.4 Å². The third-order valence-electron chi connectivity index (χ3n) is 3.25. The molecule has 2 aromatic rings. The standard InChI is InChI=1S/C13H12BrFN4O2/c14-11-2-1-9(5-12(11)15)19-7-10(21-13(19)8-20)6-18-4-3-16-17-18/h1-5,8,10,13H,6-7H2/t10-,13?/m0/s1. The number of carbonyl (C=O) groups is 1. The van der Waals surface area contributed by atoms with Crippen LogP contribution >= 0.6 is 15.9 Å². The van der Waals surface area contributed by atoms with Crippen molar-refractivity contribution in [3.05, 3.63) is 40.9 Å². The van der Waals surface area contributed by atoms with Crippen molar-refractivity contribution >= 4 is 27.9 Å². The topological polar surface area (TPSA) is 60.3 Å². The highest BCUT2D eigenvalue weighted by Crippen LogP contribution is 2.27. The maximum Gasteiger partial charge on any atom is 0.187 e. The van der Waals surface area contributed by atoms with Crippen molar-refractivity contribution in [3.8, 4) is 0 Å². The fourth-order valence-corrected chi connectivity index (χ4v) is 2.54. The highest BCUT2D eigenvalue weighted by molar-refractivity contribution is 9.10. The predicted octanol–water partition coefficient (Wildman–Crippen LogP) is 1.61. The van der Waals surface area contributed by atoms with Crippen LogP contribution in [0.4, 0.5) is 10.1 Å². The maximum absolute atomic E-state index is 13.6. The van der Waals surface area contributed by atoms with Crippen LogP contribution in [-0.4, -0.2) is 40.2 Å². The third-order valence-corrected chi connectivity index (χ3v) is 3.90. The second kappa shape index (κ2) is 5.90. The van der Waals surface area contributed by atoms with Gasteiger partial charge >= 0.3 is 0 Å². The van der Waals surface area contributed by atoms with E-state index in [4.69, 9.17) is 4.74 Å². The Bertz CT molecular complexity index is 637. The zero-order valence-corrected chi connectivity index (χ0v) is 12.5. The minimum absolute atomic E-state index is 0.214. The van der Waals surface area contributed by atoms with Crippen LogP contribution in [0.1, 0.15) is 0 Å². The molecule has 1 aromatic heterocycles. The zero-order valence-electron chi connectivity index (χ0n) is 10.9. The van der Waals surface area contributed by atoms with Crippen molar-refractivity contribution in [2.24, 2.45) is 0 Å². The van der Waals surface area contributed by atoms with Gasteiger partial charge in [-0.1, -0.05) is 5.21 Å². The highest BCUT2D eigenvalue weighted by atomic mass is 79.9. The Morgan fingerprint density at radius 3 is 3.05 bits per heavy atom. The molecule has 1 aliphatic rings. The van der Waals surface area contributed by atoms with E-state index in [0.717, 1.165) is 0 Å². The molecule has 0 saturated carbocycles. The number of anilines is 1. The Morgan fingerprint density at radius 1 is 1.52 bits per heavy atom. The number of nitrogens with zero attached hydrogens (tertiary/aromatic N) is 4. The molecule has 1 fully saturated rings. The van der Waals surface area contributed by atoms with E-state index in [-0.39, 0.29) is 11.9 Å². The lowest BCUT2D eigenvalue weighted by molar-refractivity contribution is -0.117. The van der Waals surface area contributed by atoms with Gasteiger partial charge in [-0.2, -0.15) is 0 Å². The number of aldehydes is 1. The monoisotopic (exact) mass is 354 g/mol. The normalized spacial score (nSPS) is 21.7. The van der Waals surface area contributed by atoms with Crippen LogP contribution < -0.4 is 4.90 Å². The van der Waals surface area contributed by atoms with Crippen LogP contribution in [0.2, 0.25) is 0 Å². The maximum atomic E-state index is 13.6. The first-order chi connectivity index (χ1) is 10.2. The summed E-state index contributed by atoms with van der Waals surface area (Å²) >= 11 is 3.11. The molecule has 2 heterocycles. The molecule has 0 bridgehead atoms. The van der Waals surface area contributed by atoms with Gasteiger partial charge in [0.25, 0.3) is 0 Å². The second-order valence-electron chi connectivity index (χ2n) is 4.66. The number of aromatic nitrogens is 3. The van der Waals surface area contributed by atoms with Gasteiger partial charge in [0.15, 0.2) is 12.5 Å². The van der Waals surface area contributed by atoms with Crippen LogP contribution in [0, 0.1) is 5.82 Å². The molecule has 110 valence electrons. The van der Waals surface area contributed by atoms with Gasteiger partial charge in [0, 0.05) is 18.4 Å². The number of ether oxygens (including phenoxy) is 1. The van der Waals surface area contributed by atoms with E-state index in [1.165, 1.54) is 6.07 Å². The van der Waals surface area contributed by atoms with Crippen LogP contribution in [-0.2, 0) is 16.1 Å². The lowest BCUT2D eigenvalue weighted by Gasteiger charge is -2.20. The van der Waals surface area contributed by atoms with E-state index >= 15 is 0 Å². The van der Waals surface area contributed by atoms with Crippen LogP contribution in [0.15, 0.2) is 35.1 Å². The van der Waals surface area contributed by atoms with E-state index in [2.05, 4.69) is 26.2 Å². The molecule has 1 aromatic carbocycles. The number of hydrogen-bond donors (Lipinski definition) is 0. The molecule has 6 nitrogen and oxygen atoms in total. The third kappa shape index (κ3) is 2.96. The van der Waals surface area contributed by atoms with Gasteiger partial charge in [-0.25, -0.2) is 9.07 Å². The van der Waals surface area contributed by atoms with E-state index in [9.17, 15) is 9.18 Å². The van der Waals surface area contributed by atoms with Crippen molar-refractivity contribution in [1.29, 1.82) is 0 Å². The molecule has 0 spiro atoms. The van der Waals surface area contributed by atoms with Crippen molar-refractivity contribution in [1.82, 2.24) is 15.0 Å². The summed E-state index contributed by atoms with van der Waals surface area (Å²) in [4.78, 5) is 12.9.